The van der Waals surface area contributed by atoms with Crippen LogP contribution in [0.3, 0.4) is 0 Å². The summed E-state index contributed by atoms with van der Waals surface area (Å²) in [5.74, 6) is -4.45. The van der Waals surface area contributed by atoms with Crippen LogP contribution in [0, 0.1) is 11.8 Å². The largest absolute Gasteiger partial charge is 0.472 e. The van der Waals surface area contributed by atoms with Crippen molar-refractivity contribution in [3.8, 4) is 0 Å². The molecular formula is C36H44O18. The molecule has 1 aliphatic carbocycles. The fourth-order valence-electron chi connectivity index (χ4n) is 7.44. The van der Waals surface area contributed by atoms with Crippen LogP contribution in [-0.4, -0.2) is 143 Å². The van der Waals surface area contributed by atoms with Gasteiger partial charge in [-0.3, -0.25) is 14.4 Å². The summed E-state index contributed by atoms with van der Waals surface area (Å²) in [5, 5.41) is 42.3. The number of esters is 4. The third kappa shape index (κ3) is 8.17. The van der Waals surface area contributed by atoms with Crippen molar-refractivity contribution < 1.29 is 87.0 Å². The van der Waals surface area contributed by atoms with E-state index in [2.05, 4.69) is 0 Å². The number of fused-ring (bicyclic) bond motifs is 3. The second kappa shape index (κ2) is 16.4. The summed E-state index contributed by atoms with van der Waals surface area (Å²) in [6, 6.07) is 8.94. The van der Waals surface area contributed by atoms with Crippen LogP contribution in [0.25, 0.3) is 6.08 Å². The smallest absolute Gasteiger partial charge is 0.331 e. The minimum Gasteiger partial charge on any atom is -0.472 e. The third-order valence-corrected chi connectivity index (χ3v) is 9.96. The van der Waals surface area contributed by atoms with Gasteiger partial charge in [0.15, 0.2) is 30.9 Å². The summed E-state index contributed by atoms with van der Waals surface area (Å²) in [5.41, 5.74) is -0.589. The maximum Gasteiger partial charge on any atom is 0.331 e. The maximum atomic E-state index is 13.1. The molecule has 6 rings (SSSR count). The van der Waals surface area contributed by atoms with Crippen molar-refractivity contribution in [2.24, 2.45) is 11.8 Å². The summed E-state index contributed by atoms with van der Waals surface area (Å²) >= 11 is 0. The summed E-state index contributed by atoms with van der Waals surface area (Å²) in [4.78, 5) is 49.1. The van der Waals surface area contributed by atoms with Gasteiger partial charge in [-0.25, -0.2) is 4.79 Å². The highest BCUT2D eigenvalue weighted by atomic mass is 16.8. The molecule has 18 nitrogen and oxygen atoms in total. The second-order valence-corrected chi connectivity index (χ2v) is 13.6. The zero-order valence-corrected chi connectivity index (χ0v) is 29.8. The van der Waals surface area contributed by atoms with Crippen LogP contribution in [0.5, 0.6) is 0 Å². The Hall–Kier alpha value is -3.98. The first kappa shape index (κ1) is 39.7. The van der Waals surface area contributed by atoms with Crippen molar-refractivity contribution in [1.82, 2.24) is 0 Å². The number of epoxide rings is 1. The van der Waals surface area contributed by atoms with Crippen molar-refractivity contribution in [3.05, 3.63) is 54.3 Å². The van der Waals surface area contributed by atoms with Gasteiger partial charge in [-0.05, 0) is 24.6 Å². The molecule has 1 aromatic rings. The molecule has 4 fully saturated rings. The minimum atomic E-state index is -1.76. The Bertz CT molecular complexity index is 1580. The van der Waals surface area contributed by atoms with Gasteiger partial charge in [0, 0.05) is 32.8 Å². The molecule has 4 heterocycles. The lowest BCUT2D eigenvalue weighted by Gasteiger charge is -2.45. The van der Waals surface area contributed by atoms with Crippen molar-refractivity contribution >= 4 is 30.0 Å². The number of carbonyl (C=O) groups is 4. The molecular weight excluding hydrogens is 720 g/mol. The van der Waals surface area contributed by atoms with Gasteiger partial charge in [0.05, 0.1) is 31.0 Å². The van der Waals surface area contributed by atoms with Crippen LogP contribution in [-0.2, 0) is 66.5 Å². The van der Waals surface area contributed by atoms with Crippen LogP contribution in [0.1, 0.15) is 33.3 Å². The topological polar surface area (TPSA) is 245 Å². The van der Waals surface area contributed by atoms with Gasteiger partial charge in [0.1, 0.15) is 42.7 Å². The van der Waals surface area contributed by atoms with Crippen LogP contribution >= 0.6 is 0 Å². The fraction of sp³-hybridized carbons (Fsp3) is 0.611. The molecule has 0 amide bonds. The molecule has 4 N–H and O–H groups in total. The number of carbonyl (C=O) groups excluding carboxylic acids is 4. The first-order valence-corrected chi connectivity index (χ1v) is 17.4. The highest BCUT2D eigenvalue weighted by Crippen LogP contribution is 2.61. The van der Waals surface area contributed by atoms with E-state index in [1.807, 2.05) is 6.07 Å². The van der Waals surface area contributed by atoms with Crippen molar-refractivity contribution in [1.29, 1.82) is 0 Å². The molecule has 16 atom stereocenters. The highest BCUT2D eigenvalue weighted by molar-refractivity contribution is 5.87. The van der Waals surface area contributed by atoms with E-state index in [9.17, 15) is 39.6 Å². The molecule has 0 unspecified atom stereocenters. The van der Waals surface area contributed by atoms with Gasteiger partial charge in [-0.2, -0.15) is 0 Å². The molecule has 1 aromatic carbocycles. The zero-order chi connectivity index (χ0) is 38.9. The first-order chi connectivity index (χ1) is 25.7. The lowest BCUT2D eigenvalue weighted by Crippen LogP contribution is -2.62. The number of rotatable bonds is 12. The lowest BCUT2D eigenvalue weighted by atomic mass is 9.85. The molecule has 3 saturated heterocycles. The standard InChI is InChI=1S/C36H44O18/c1-16-28(48-18(3)39)30(51-23(41)11-10-20-8-6-5-7-9-20)31(49-19(4)40)35(47-16)52-29-21-12-13-45-33(24(21)36(15-37)32(29)54-36)53-34-27(44)26(43)25(42)22(50-34)14-46-17(2)38/h5-13,16,21-22,24-35,37,42-44H,14-15H2,1-4H3/b11-10+/t16-,21-,22+,24+,25+,26-,27+,28-,29-,30+,31+,32-,33-,34-,35-,36+/m0/s1. The predicted octanol–water partition coefficient (Wildman–Crippen LogP) is -0.762. The van der Waals surface area contributed by atoms with E-state index in [1.54, 1.807) is 37.3 Å². The number of aliphatic hydroxyl groups excluding tert-OH is 4. The average Bonchev–Trinajstić information content (AvgIpc) is 3.81. The minimum absolute atomic E-state index is 0.444. The normalized spacial score (nSPS) is 40.9. The number of hydrogen-bond donors (Lipinski definition) is 4. The molecule has 5 aliphatic rings. The van der Waals surface area contributed by atoms with E-state index in [0.717, 1.165) is 20.8 Å². The van der Waals surface area contributed by atoms with E-state index in [0.29, 0.717) is 5.56 Å². The van der Waals surface area contributed by atoms with Gasteiger partial charge in [-0.15, -0.1) is 0 Å². The summed E-state index contributed by atoms with van der Waals surface area (Å²) in [7, 11) is 0. The van der Waals surface area contributed by atoms with Gasteiger partial charge in [0.25, 0.3) is 0 Å². The van der Waals surface area contributed by atoms with Crippen LogP contribution < -0.4 is 0 Å². The van der Waals surface area contributed by atoms with E-state index < -0.39 is 134 Å². The van der Waals surface area contributed by atoms with Crippen molar-refractivity contribution in [2.75, 3.05) is 13.2 Å². The van der Waals surface area contributed by atoms with E-state index in [-0.39, 0.29) is 0 Å². The van der Waals surface area contributed by atoms with E-state index >= 15 is 0 Å². The highest BCUT2D eigenvalue weighted by Gasteiger charge is 2.77. The van der Waals surface area contributed by atoms with Crippen LogP contribution in [0.4, 0.5) is 0 Å². The monoisotopic (exact) mass is 764 g/mol. The molecule has 54 heavy (non-hydrogen) atoms. The molecule has 0 spiro atoms. The number of hydrogen-bond acceptors (Lipinski definition) is 18. The quantitative estimate of drug-likeness (QED) is 0.0884. The van der Waals surface area contributed by atoms with Crippen molar-refractivity contribution in [3.63, 3.8) is 0 Å². The molecule has 18 heteroatoms. The molecule has 0 radical (unpaired) electrons. The summed E-state index contributed by atoms with van der Waals surface area (Å²) < 4.78 is 58.0. The van der Waals surface area contributed by atoms with Crippen LogP contribution in [0.15, 0.2) is 48.7 Å². The summed E-state index contributed by atoms with van der Waals surface area (Å²) in [6.07, 6.45) is -11.8. The molecule has 4 aliphatic heterocycles. The number of aliphatic hydroxyl groups is 4. The van der Waals surface area contributed by atoms with Crippen molar-refractivity contribution in [2.45, 2.75) is 113 Å². The van der Waals surface area contributed by atoms with E-state index in [4.69, 9.17) is 47.4 Å². The molecule has 1 saturated carbocycles. The molecule has 0 bridgehead atoms. The Balaban J connectivity index is 1.23. The Morgan fingerprint density at radius 3 is 2.17 bits per heavy atom. The second-order valence-electron chi connectivity index (χ2n) is 13.6. The number of benzene rings is 1. The zero-order valence-electron chi connectivity index (χ0n) is 29.8. The Morgan fingerprint density at radius 1 is 0.796 bits per heavy atom. The van der Waals surface area contributed by atoms with Gasteiger partial charge < -0.3 is 67.8 Å². The molecule has 0 aromatic heterocycles. The SMILES string of the molecule is CC(=O)OC[C@H]1O[C@@H](O[C@@H]2OC=C[C@@H]3[C@H](O[C@@H]4O[C@@H](C)[C@H](OC(C)=O)[C@@H](OC(=O)/C=C/c5ccccc5)[C@H]4OC(C)=O)[C@@H]4O[C@]4(CO)[C@@H]23)[C@H](O)[C@@H](O)[C@@H]1O. The Morgan fingerprint density at radius 2 is 1.50 bits per heavy atom. The Kier molecular flexibility index (Phi) is 12.1. The van der Waals surface area contributed by atoms with E-state index in [1.165, 1.54) is 18.4 Å². The third-order valence-electron chi connectivity index (χ3n) is 9.96. The maximum absolute atomic E-state index is 13.1. The lowest BCUT2D eigenvalue weighted by molar-refractivity contribution is -0.347. The number of ether oxygens (including phenoxy) is 10. The summed E-state index contributed by atoms with van der Waals surface area (Å²) in [6.45, 7) is 4.04. The van der Waals surface area contributed by atoms with Gasteiger partial charge in [-0.1, -0.05) is 30.3 Å². The Labute approximate surface area is 309 Å². The fourth-order valence-corrected chi connectivity index (χ4v) is 7.44. The average molecular weight is 765 g/mol. The molecule has 296 valence electrons. The van der Waals surface area contributed by atoms with Crippen LogP contribution in [0.2, 0.25) is 0 Å². The van der Waals surface area contributed by atoms with Gasteiger partial charge >= 0.3 is 23.9 Å². The van der Waals surface area contributed by atoms with Gasteiger partial charge in [0.2, 0.25) is 6.29 Å². The predicted molar refractivity (Wildman–Crippen MR) is 176 cm³/mol. The first-order valence-electron chi connectivity index (χ1n) is 17.4.